The summed E-state index contributed by atoms with van der Waals surface area (Å²) in [5.41, 5.74) is 1.95. The first-order chi connectivity index (χ1) is 13.0. The Morgan fingerprint density at radius 2 is 1.89 bits per heavy atom. The second-order valence-corrected chi connectivity index (χ2v) is 7.79. The van der Waals surface area contributed by atoms with Gasteiger partial charge < -0.3 is 19.9 Å². The SMILES string of the molecule is COc1cc(CNCCCCCO)cc(Br)c1OCc1ccc(Cl)cc1Cl.Cl. The van der Waals surface area contributed by atoms with Crippen LogP contribution in [-0.4, -0.2) is 25.4 Å². The van der Waals surface area contributed by atoms with Gasteiger partial charge in [-0.1, -0.05) is 29.3 Å². The zero-order chi connectivity index (χ0) is 19.6. The van der Waals surface area contributed by atoms with Gasteiger partial charge >= 0.3 is 0 Å². The first kappa shape index (κ1) is 25.3. The summed E-state index contributed by atoms with van der Waals surface area (Å²) >= 11 is 15.7. The highest BCUT2D eigenvalue weighted by Crippen LogP contribution is 2.37. The molecule has 0 spiro atoms. The minimum absolute atomic E-state index is 0. The summed E-state index contributed by atoms with van der Waals surface area (Å²) < 4.78 is 12.3. The number of rotatable bonds is 11. The largest absolute Gasteiger partial charge is 0.493 e. The van der Waals surface area contributed by atoms with Gasteiger partial charge in [0.05, 0.1) is 11.6 Å². The number of benzene rings is 2. The van der Waals surface area contributed by atoms with Crippen LogP contribution in [0.2, 0.25) is 10.0 Å². The maximum absolute atomic E-state index is 8.79. The third-order valence-corrected chi connectivity index (χ3v) is 5.19. The molecule has 0 fully saturated rings. The Morgan fingerprint density at radius 3 is 2.57 bits per heavy atom. The molecule has 8 heteroatoms. The predicted octanol–water partition coefficient (Wildman–Crippen LogP) is 6.02. The van der Waals surface area contributed by atoms with Crippen molar-refractivity contribution in [1.82, 2.24) is 5.32 Å². The number of aliphatic hydroxyl groups is 1. The molecular formula is C20H25BrCl3NO3. The molecule has 156 valence electrons. The van der Waals surface area contributed by atoms with Gasteiger partial charge in [-0.3, -0.25) is 0 Å². The first-order valence-corrected chi connectivity index (χ1v) is 10.3. The van der Waals surface area contributed by atoms with Gasteiger partial charge in [0.2, 0.25) is 0 Å². The van der Waals surface area contributed by atoms with E-state index in [4.69, 9.17) is 37.8 Å². The highest BCUT2D eigenvalue weighted by molar-refractivity contribution is 9.10. The van der Waals surface area contributed by atoms with Crippen LogP contribution >= 0.6 is 51.5 Å². The third kappa shape index (κ3) is 7.97. The van der Waals surface area contributed by atoms with Crippen molar-refractivity contribution in [3.63, 3.8) is 0 Å². The lowest BCUT2D eigenvalue weighted by atomic mass is 10.2. The summed E-state index contributed by atoms with van der Waals surface area (Å²) in [7, 11) is 1.62. The molecule has 0 aliphatic carbocycles. The van der Waals surface area contributed by atoms with Crippen LogP contribution in [0.25, 0.3) is 0 Å². The van der Waals surface area contributed by atoms with E-state index in [9.17, 15) is 0 Å². The van der Waals surface area contributed by atoms with Crippen LogP contribution in [0.3, 0.4) is 0 Å². The van der Waals surface area contributed by atoms with Gasteiger partial charge in [0.15, 0.2) is 11.5 Å². The van der Waals surface area contributed by atoms with Crippen LogP contribution < -0.4 is 14.8 Å². The second-order valence-electron chi connectivity index (χ2n) is 6.09. The molecule has 0 heterocycles. The summed E-state index contributed by atoms with van der Waals surface area (Å²) in [5.74, 6) is 1.29. The molecule has 2 aromatic rings. The van der Waals surface area contributed by atoms with E-state index in [-0.39, 0.29) is 19.0 Å². The summed E-state index contributed by atoms with van der Waals surface area (Å²) in [5, 5.41) is 13.4. The molecule has 0 saturated carbocycles. The van der Waals surface area contributed by atoms with Gasteiger partial charge in [0, 0.05) is 28.8 Å². The number of nitrogens with one attached hydrogen (secondary N) is 1. The number of aliphatic hydroxyl groups excluding tert-OH is 1. The number of hydrogen-bond acceptors (Lipinski definition) is 4. The topological polar surface area (TPSA) is 50.7 Å². The Bertz CT molecular complexity index is 747. The number of methoxy groups -OCH3 is 1. The van der Waals surface area contributed by atoms with Crippen LogP contribution in [0.5, 0.6) is 11.5 Å². The minimum Gasteiger partial charge on any atom is -0.493 e. The molecule has 28 heavy (non-hydrogen) atoms. The highest BCUT2D eigenvalue weighted by atomic mass is 79.9. The molecule has 0 atom stereocenters. The van der Waals surface area contributed by atoms with Crippen LogP contribution in [-0.2, 0) is 13.2 Å². The van der Waals surface area contributed by atoms with Crippen molar-refractivity contribution in [2.24, 2.45) is 0 Å². The molecular weight excluding hydrogens is 488 g/mol. The van der Waals surface area contributed by atoms with E-state index in [1.54, 1.807) is 19.2 Å². The molecule has 0 bridgehead atoms. The lowest BCUT2D eigenvalue weighted by Crippen LogP contribution is -2.15. The van der Waals surface area contributed by atoms with Crippen molar-refractivity contribution < 1.29 is 14.6 Å². The number of unbranched alkanes of at least 4 members (excludes halogenated alkanes) is 2. The fraction of sp³-hybridized carbons (Fsp3) is 0.400. The Hall–Kier alpha value is -0.690. The molecule has 0 amide bonds. The van der Waals surface area contributed by atoms with Crippen LogP contribution in [0.15, 0.2) is 34.8 Å². The summed E-state index contributed by atoms with van der Waals surface area (Å²) in [6, 6.07) is 9.31. The zero-order valence-corrected chi connectivity index (χ0v) is 19.6. The van der Waals surface area contributed by atoms with Gasteiger partial charge in [0.1, 0.15) is 6.61 Å². The molecule has 0 aliphatic heterocycles. The van der Waals surface area contributed by atoms with Gasteiger partial charge in [0.25, 0.3) is 0 Å². The summed E-state index contributed by atoms with van der Waals surface area (Å²) in [6.45, 7) is 2.21. The van der Waals surface area contributed by atoms with E-state index in [2.05, 4.69) is 21.2 Å². The van der Waals surface area contributed by atoms with E-state index >= 15 is 0 Å². The Labute approximate surface area is 191 Å². The molecule has 2 rings (SSSR count). The molecule has 2 N–H and O–H groups in total. The Morgan fingerprint density at radius 1 is 1.11 bits per heavy atom. The van der Waals surface area contributed by atoms with E-state index in [0.29, 0.717) is 28.2 Å². The molecule has 0 aromatic heterocycles. The average Bonchev–Trinajstić information content (AvgIpc) is 2.64. The lowest BCUT2D eigenvalue weighted by molar-refractivity contribution is 0.282. The normalized spacial score (nSPS) is 10.5. The molecule has 0 radical (unpaired) electrons. The summed E-state index contributed by atoms with van der Waals surface area (Å²) in [4.78, 5) is 0. The van der Waals surface area contributed by atoms with Crippen LogP contribution in [0.1, 0.15) is 30.4 Å². The lowest BCUT2D eigenvalue weighted by Gasteiger charge is -2.15. The van der Waals surface area contributed by atoms with Crippen molar-refractivity contribution >= 4 is 51.5 Å². The highest BCUT2D eigenvalue weighted by Gasteiger charge is 2.13. The van der Waals surface area contributed by atoms with Crippen molar-refractivity contribution in [3.8, 4) is 11.5 Å². The third-order valence-electron chi connectivity index (χ3n) is 4.02. The van der Waals surface area contributed by atoms with Crippen molar-refractivity contribution in [3.05, 3.63) is 56.0 Å². The maximum Gasteiger partial charge on any atom is 0.175 e. The standard InChI is InChI=1S/C20H24BrCl2NO3.ClH/c1-26-19-10-14(12-24-7-3-2-4-8-25)9-17(21)20(19)27-13-15-5-6-16(22)11-18(15)23;/h5-6,9-11,24-25H,2-4,7-8,12-13H2,1H3;1H. The second kappa shape index (κ2) is 13.5. The maximum atomic E-state index is 8.79. The van der Waals surface area contributed by atoms with Gasteiger partial charge in [-0.05, 0) is 71.6 Å². The van der Waals surface area contributed by atoms with Crippen LogP contribution in [0, 0.1) is 0 Å². The van der Waals surface area contributed by atoms with Crippen molar-refractivity contribution in [2.75, 3.05) is 20.3 Å². The molecule has 0 saturated heterocycles. The van der Waals surface area contributed by atoms with Crippen LogP contribution in [0.4, 0.5) is 0 Å². The fourth-order valence-corrected chi connectivity index (χ4v) is 3.64. The smallest absolute Gasteiger partial charge is 0.175 e. The van der Waals surface area contributed by atoms with E-state index in [1.807, 2.05) is 18.2 Å². The quantitative estimate of drug-likeness (QED) is 0.361. The predicted molar refractivity (Wildman–Crippen MR) is 121 cm³/mol. The van der Waals surface area contributed by atoms with Gasteiger partial charge in [-0.25, -0.2) is 0 Å². The van der Waals surface area contributed by atoms with Gasteiger partial charge in [-0.2, -0.15) is 0 Å². The van der Waals surface area contributed by atoms with E-state index in [0.717, 1.165) is 48.0 Å². The zero-order valence-electron chi connectivity index (χ0n) is 15.6. The Balaban J connectivity index is 0.00000392. The monoisotopic (exact) mass is 511 g/mol. The number of ether oxygens (including phenoxy) is 2. The van der Waals surface area contributed by atoms with Crippen molar-refractivity contribution in [2.45, 2.75) is 32.4 Å². The average molecular weight is 514 g/mol. The molecule has 0 aliphatic rings. The fourth-order valence-electron chi connectivity index (χ4n) is 2.58. The molecule has 4 nitrogen and oxygen atoms in total. The molecule has 2 aromatic carbocycles. The van der Waals surface area contributed by atoms with Gasteiger partial charge in [-0.15, -0.1) is 12.4 Å². The first-order valence-electron chi connectivity index (χ1n) is 8.80. The number of hydrogen-bond donors (Lipinski definition) is 2. The molecule has 0 unspecified atom stereocenters. The Kier molecular flexibility index (Phi) is 12.2. The number of halogens is 4. The summed E-state index contributed by atoms with van der Waals surface area (Å²) in [6.07, 6.45) is 2.92. The van der Waals surface area contributed by atoms with Crippen molar-refractivity contribution in [1.29, 1.82) is 0 Å². The van der Waals surface area contributed by atoms with E-state index in [1.165, 1.54) is 0 Å². The minimum atomic E-state index is 0. The van der Waals surface area contributed by atoms with E-state index < -0.39 is 0 Å².